The van der Waals surface area contributed by atoms with Crippen LogP contribution in [0.4, 0.5) is 5.13 Å². The summed E-state index contributed by atoms with van der Waals surface area (Å²) >= 11 is 1.07. The Morgan fingerprint density at radius 2 is 1.83 bits per heavy atom. The van der Waals surface area contributed by atoms with E-state index in [2.05, 4.69) is 11.9 Å². The predicted octanol–water partition coefficient (Wildman–Crippen LogP) is 3.22. The summed E-state index contributed by atoms with van der Waals surface area (Å²) in [7, 11) is 0. The van der Waals surface area contributed by atoms with Crippen molar-refractivity contribution in [3.05, 3.63) is 79.6 Å². The van der Waals surface area contributed by atoms with Gasteiger partial charge in [-0.2, -0.15) is 0 Å². The van der Waals surface area contributed by atoms with Crippen molar-refractivity contribution in [3.63, 3.8) is 0 Å². The Labute approximate surface area is 207 Å². The molecule has 0 unspecified atom stereocenters. The highest BCUT2D eigenvalue weighted by Gasteiger charge is 2.24. The highest BCUT2D eigenvalue weighted by Crippen LogP contribution is 2.27. The lowest BCUT2D eigenvalue weighted by Crippen LogP contribution is -2.44. The van der Waals surface area contributed by atoms with Gasteiger partial charge in [-0.3, -0.25) is 23.6 Å². The molecule has 0 saturated carbocycles. The molecule has 10 heteroatoms. The average molecular weight is 499 g/mol. The second kappa shape index (κ2) is 12.3. The van der Waals surface area contributed by atoms with Crippen LogP contribution in [-0.4, -0.2) is 39.1 Å². The Hall–Kier alpha value is -3.53. The van der Waals surface area contributed by atoms with E-state index in [1.165, 1.54) is 21.7 Å². The zero-order valence-corrected chi connectivity index (χ0v) is 21.0. The number of ether oxygens (including phenoxy) is 1. The topological polar surface area (TPSA) is 104 Å². The average Bonchev–Trinajstić information content (AvgIpc) is 3.23. The minimum atomic E-state index is -0.564. The number of hydrogen-bond acceptors (Lipinski definition) is 7. The fourth-order valence-electron chi connectivity index (χ4n) is 3.55. The summed E-state index contributed by atoms with van der Waals surface area (Å²) in [5.74, 6) is -0.931. The lowest BCUT2D eigenvalue weighted by molar-refractivity contribution is -0.119. The number of unbranched alkanes of at least 4 members (excludes halogenated alkanes) is 2. The molecule has 2 heterocycles. The fraction of sp³-hybridized carbons (Fsp3) is 0.400. The second-order valence-corrected chi connectivity index (χ2v) is 9.00. The molecule has 0 bridgehead atoms. The van der Waals surface area contributed by atoms with Crippen LogP contribution in [0.5, 0.6) is 0 Å². The first-order valence-electron chi connectivity index (χ1n) is 11.6. The molecule has 0 spiro atoms. The number of carbonyl (C=O) groups is 2. The molecule has 1 aromatic carbocycles. The van der Waals surface area contributed by atoms with Gasteiger partial charge in [0.2, 0.25) is 5.91 Å². The van der Waals surface area contributed by atoms with Gasteiger partial charge < -0.3 is 4.74 Å². The number of anilines is 1. The first-order valence-corrected chi connectivity index (χ1v) is 12.5. The van der Waals surface area contributed by atoms with Crippen LogP contribution in [0.2, 0.25) is 0 Å². The van der Waals surface area contributed by atoms with Gasteiger partial charge in [-0.1, -0.05) is 61.4 Å². The molecule has 1 amide bonds. The van der Waals surface area contributed by atoms with Gasteiger partial charge in [0, 0.05) is 18.8 Å². The molecule has 35 heavy (non-hydrogen) atoms. The molecular weight excluding hydrogens is 468 g/mol. The first kappa shape index (κ1) is 26.1. The Kier molecular flexibility index (Phi) is 9.13. The van der Waals surface area contributed by atoms with E-state index >= 15 is 0 Å². The van der Waals surface area contributed by atoms with Crippen LogP contribution in [0.1, 0.15) is 54.0 Å². The number of amides is 1. The zero-order valence-electron chi connectivity index (χ0n) is 20.2. The summed E-state index contributed by atoms with van der Waals surface area (Å²) in [4.78, 5) is 57.4. The third kappa shape index (κ3) is 6.54. The molecule has 186 valence electrons. The van der Waals surface area contributed by atoms with Crippen LogP contribution in [-0.2, 0) is 22.6 Å². The van der Waals surface area contributed by atoms with Gasteiger partial charge in [0.15, 0.2) is 5.13 Å². The lowest BCUT2D eigenvalue weighted by Gasteiger charge is -2.20. The van der Waals surface area contributed by atoms with Crippen molar-refractivity contribution in [2.24, 2.45) is 0 Å². The molecule has 0 aliphatic rings. The monoisotopic (exact) mass is 498 g/mol. The summed E-state index contributed by atoms with van der Waals surface area (Å²) in [5.41, 5.74) is 0.255. The molecule has 0 fully saturated rings. The van der Waals surface area contributed by atoms with Crippen LogP contribution < -0.4 is 16.1 Å². The van der Waals surface area contributed by atoms with Gasteiger partial charge in [-0.05, 0) is 25.8 Å². The summed E-state index contributed by atoms with van der Waals surface area (Å²) in [6, 6.07) is 10.7. The smallest absolute Gasteiger partial charge is 0.350 e. The summed E-state index contributed by atoms with van der Waals surface area (Å²) < 4.78 is 7.42. The Morgan fingerprint density at radius 1 is 1.09 bits per heavy atom. The third-order valence-corrected chi connectivity index (χ3v) is 6.55. The molecule has 0 radical (unpaired) electrons. The van der Waals surface area contributed by atoms with Crippen molar-refractivity contribution in [1.82, 2.24) is 14.1 Å². The zero-order chi connectivity index (χ0) is 25.4. The Balaban J connectivity index is 1.90. The quantitative estimate of drug-likeness (QED) is 0.297. The number of carbonyl (C=O) groups excluding carboxylic acids is 2. The number of benzene rings is 1. The van der Waals surface area contributed by atoms with Crippen molar-refractivity contribution in [1.29, 1.82) is 0 Å². The van der Waals surface area contributed by atoms with Gasteiger partial charge >= 0.3 is 11.7 Å². The maximum atomic E-state index is 13.4. The fourth-order valence-corrected chi connectivity index (χ4v) is 4.56. The number of thiazole rings is 1. The van der Waals surface area contributed by atoms with E-state index in [1.54, 1.807) is 13.8 Å². The maximum absolute atomic E-state index is 13.4. The van der Waals surface area contributed by atoms with Crippen LogP contribution in [0.25, 0.3) is 0 Å². The normalized spacial score (nSPS) is 10.8. The van der Waals surface area contributed by atoms with E-state index < -0.39 is 29.7 Å². The van der Waals surface area contributed by atoms with Crippen molar-refractivity contribution in [2.45, 2.75) is 53.1 Å². The number of rotatable bonds is 11. The van der Waals surface area contributed by atoms with Crippen LogP contribution in [0, 0.1) is 6.92 Å². The van der Waals surface area contributed by atoms with E-state index in [0.717, 1.165) is 40.7 Å². The number of hydrogen-bond donors (Lipinski definition) is 0. The molecule has 0 aliphatic heterocycles. The molecule has 3 aromatic rings. The maximum Gasteiger partial charge on any atom is 0.350 e. The van der Waals surface area contributed by atoms with Crippen molar-refractivity contribution < 1.29 is 14.3 Å². The van der Waals surface area contributed by atoms with E-state index in [0.29, 0.717) is 22.2 Å². The summed E-state index contributed by atoms with van der Waals surface area (Å²) in [6.07, 6.45) is 4.01. The first-order chi connectivity index (χ1) is 16.8. The van der Waals surface area contributed by atoms with Crippen molar-refractivity contribution in [2.75, 3.05) is 18.1 Å². The van der Waals surface area contributed by atoms with E-state index in [1.807, 2.05) is 30.3 Å². The minimum absolute atomic E-state index is 0.233. The van der Waals surface area contributed by atoms with Gasteiger partial charge in [-0.15, -0.1) is 0 Å². The van der Waals surface area contributed by atoms with Crippen molar-refractivity contribution in [3.8, 4) is 0 Å². The van der Waals surface area contributed by atoms with Crippen LogP contribution in [0.3, 0.4) is 0 Å². The number of esters is 1. The van der Waals surface area contributed by atoms with E-state index in [4.69, 9.17) is 4.74 Å². The summed E-state index contributed by atoms with van der Waals surface area (Å²) in [6.45, 7) is 5.91. The number of aryl methyl sites for hydroxylation is 1. The van der Waals surface area contributed by atoms with Gasteiger partial charge in [0.05, 0.1) is 18.8 Å². The third-order valence-electron chi connectivity index (χ3n) is 5.39. The molecule has 2 aromatic heterocycles. The predicted molar refractivity (Wildman–Crippen MR) is 135 cm³/mol. The molecular formula is C25H30N4O5S. The number of aromatic nitrogens is 3. The highest BCUT2D eigenvalue weighted by molar-refractivity contribution is 7.17. The lowest BCUT2D eigenvalue weighted by atomic mass is 10.2. The van der Waals surface area contributed by atoms with Gasteiger partial charge in [0.25, 0.3) is 5.56 Å². The molecule has 0 aliphatic carbocycles. The van der Waals surface area contributed by atoms with Crippen LogP contribution >= 0.6 is 11.3 Å². The molecule has 3 rings (SSSR count). The Morgan fingerprint density at radius 3 is 2.51 bits per heavy atom. The van der Waals surface area contributed by atoms with Crippen molar-refractivity contribution >= 4 is 28.3 Å². The molecule has 0 N–H and O–H groups in total. The molecule has 9 nitrogen and oxygen atoms in total. The van der Waals surface area contributed by atoms with Gasteiger partial charge in [0.1, 0.15) is 11.4 Å². The van der Waals surface area contributed by atoms with E-state index in [-0.39, 0.29) is 13.2 Å². The molecule has 0 saturated heterocycles. The Bertz CT molecular complexity index is 1280. The standard InChI is InChI=1S/C25H30N4O5S/c1-4-6-10-14-28(24-26-18(3)22(35-24)23(32)34-5-2)21(31)17-29-20(30)13-15-27(25(29)33)16-19-11-8-7-9-12-19/h7-9,11-13,15H,4-6,10,14,16-17H2,1-3H3. The second-order valence-electron chi connectivity index (χ2n) is 8.02. The minimum Gasteiger partial charge on any atom is -0.462 e. The number of nitrogens with zero attached hydrogens (tertiary/aromatic N) is 4. The summed E-state index contributed by atoms with van der Waals surface area (Å²) in [5, 5.41) is 0.347. The van der Waals surface area contributed by atoms with Crippen LogP contribution in [0.15, 0.2) is 52.2 Å². The highest BCUT2D eigenvalue weighted by atomic mass is 32.1. The van der Waals surface area contributed by atoms with Gasteiger partial charge in [-0.25, -0.2) is 14.6 Å². The largest absolute Gasteiger partial charge is 0.462 e. The molecule has 0 atom stereocenters. The van der Waals surface area contributed by atoms with E-state index in [9.17, 15) is 19.2 Å². The SMILES string of the molecule is CCCCCN(C(=O)Cn1c(=O)ccn(Cc2ccccc2)c1=O)c1nc(C)c(C(=O)OCC)s1.